The molecule has 0 spiro atoms. The van der Waals surface area contributed by atoms with Crippen LogP contribution < -0.4 is 5.43 Å². The summed E-state index contributed by atoms with van der Waals surface area (Å²) in [4.78, 5) is 11.3. The van der Waals surface area contributed by atoms with Crippen molar-refractivity contribution in [3.8, 4) is 0 Å². The van der Waals surface area contributed by atoms with Crippen LogP contribution in [-0.4, -0.2) is 0 Å². The molecule has 0 N–H and O–H groups in total. The number of rotatable bonds is 0. The van der Waals surface area contributed by atoms with E-state index in [0.29, 0.717) is 17.2 Å². The van der Waals surface area contributed by atoms with Gasteiger partial charge in [0, 0.05) is 18.1 Å². The highest BCUT2D eigenvalue weighted by molar-refractivity contribution is 5.54. The summed E-state index contributed by atoms with van der Waals surface area (Å²) in [7, 11) is 0. The summed E-state index contributed by atoms with van der Waals surface area (Å²) in [5.41, 5.74) is 0.722. The number of hydrogen-bond acceptors (Lipinski definition) is 2. The minimum absolute atomic E-state index is 0.0347. The van der Waals surface area contributed by atoms with Gasteiger partial charge in [0.25, 0.3) is 0 Å². The molecule has 0 aromatic carbocycles. The van der Waals surface area contributed by atoms with Crippen molar-refractivity contribution in [3.05, 3.63) is 46.4 Å². The Morgan fingerprint density at radius 1 is 1.50 bits per heavy atom. The van der Waals surface area contributed by atoms with Gasteiger partial charge < -0.3 is 4.42 Å². The lowest BCUT2D eigenvalue weighted by atomic mass is 9.95. The fourth-order valence-electron chi connectivity index (χ4n) is 1.29. The first-order valence-corrected chi connectivity index (χ1v) is 3.92. The monoisotopic (exact) mass is 161 g/mol. The van der Waals surface area contributed by atoms with Crippen LogP contribution >= 0.6 is 0 Å². The first kappa shape index (κ1) is 7.35. The van der Waals surface area contributed by atoms with E-state index in [9.17, 15) is 4.79 Å². The molecular weight excluding hydrogens is 152 g/mol. The first-order valence-electron chi connectivity index (χ1n) is 3.92. The van der Waals surface area contributed by atoms with E-state index in [0.717, 1.165) is 0 Å². The van der Waals surface area contributed by atoms with E-state index in [1.165, 1.54) is 12.3 Å². The van der Waals surface area contributed by atoms with E-state index >= 15 is 0 Å². The molecule has 1 unspecified atom stereocenters. The van der Waals surface area contributed by atoms with E-state index in [1.807, 2.05) is 25.5 Å². The summed E-state index contributed by atoms with van der Waals surface area (Å²) in [5, 5.41) is 0. The summed E-state index contributed by atoms with van der Waals surface area (Å²) in [6, 6.07) is 1.45. The molecule has 0 amide bonds. The van der Waals surface area contributed by atoms with Crippen molar-refractivity contribution in [1.82, 2.24) is 0 Å². The van der Waals surface area contributed by atoms with Crippen molar-refractivity contribution in [1.29, 1.82) is 0 Å². The lowest BCUT2D eigenvalue weighted by Crippen LogP contribution is -2.12. The van der Waals surface area contributed by atoms with Gasteiger partial charge in [-0.25, -0.2) is 0 Å². The van der Waals surface area contributed by atoms with Gasteiger partial charge in [0.2, 0.25) is 0 Å². The molecular formula is C10H9O2. The second kappa shape index (κ2) is 2.63. The van der Waals surface area contributed by atoms with Crippen molar-refractivity contribution < 1.29 is 4.42 Å². The molecule has 1 heterocycles. The average molecular weight is 161 g/mol. The van der Waals surface area contributed by atoms with E-state index in [-0.39, 0.29) is 5.43 Å². The molecule has 12 heavy (non-hydrogen) atoms. The minimum atomic E-state index is 0.0347. The van der Waals surface area contributed by atoms with Crippen molar-refractivity contribution in [2.45, 2.75) is 6.92 Å². The van der Waals surface area contributed by atoms with Gasteiger partial charge in [0.15, 0.2) is 5.43 Å². The molecule has 2 heteroatoms. The smallest absolute Gasteiger partial charge is 0.188 e. The highest BCUT2D eigenvalue weighted by Gasteiger charge is 2.14. The highest BCUT2D eigenvalue weighted by Crippen LogP contribution is 2.20. The molecule has 2 rings (SSSR count). The second-order valence-corrected chi connectivity index (χ2v) is 2.95. The molecule has 1 aromatic rings. The Morgan fingerprint density at radius 2 is 2.33 bits per heavy atom. The third-order valence-electron chi connectivity index (χ3n) is 1.93. The summed E-state index contributed by atoms with van der Waals surface area (Å²) < 4.78 is 5.16. The molecule has 1 aliphatic rings. The first-order chi connectivity index (χ1) is 5.77. The molecule has 2 nitrogen and oxygen atoms in total. The second-order valence-electron chi connectivity index (χ2n) is 2.95. The average Bonchev–Trinajstić information content (AvgIpc) is 2.07. The summed E-state index contributed by atoms with van der Waals surface area (Å²) in [6.07, 6.45) is 7.20. The van der Waals surface area contributed by atoms with Crippen molar-refractivity contribution >= 4 is 6.08 Å². The van der Waals surface area contributed by atoms with E-state index in [4.69, 9.17) is 4.42 Å². The minimum Gasteiger partial charge on any atom is -0.464 e. The normalized spacial score (nSPS) is 20.6. The lowest BCUT2D eigenvalue weighted by Gasteiger charge is -2.11. The molecule has 1 radical (unpaired) electrons. The van der Waals surface area contributed by atoms with Crippen LogP contribution in [0.5, 0.6) is 0 Å². The van der Waals surface area contributed by atoms with Gasteiger partial charge in [0.1, 0.15) is 5.76 Å². The summed E-state index contributed by atoms with van der Waals surface area (Å²) >= 11 is 0. The van der Waals surface area contributed by atoms with Crippen LogP contribution in [0.3, 0.4) is 0 Å². The van der Waals surface area contributed by atoms with Crippen LogP contribution in [0.15, 0.2) is 27.6 Å². The highest BCUT2D eigenvalue weighted by atomic mass is 16.3. The Bertz CT molecular complexity index is 374. The van der Waals surface area contributed by atoms with Crippen LogP contribution in [-0.2, 0) is 0 Å². The Kier molecular flexibility index (Phi) is 1.61. The largest absolute Gasteiger partial charge is 0.464 e. The number of allylic oxidation sites excluding steroid dienone is 1. The van der Waals surface area contributed by atoms with Crippen molar-refractivity contribution in [2.75, 3.05) is 0 Å². The van der Waals surface area contributed by atoms with Crippen LogP contribution in [0.2, 0.25) is 0 Å². The van der Waals surface area contributed by atoms with Crippen LogP contribution in [0.4, 0.5) is 0 Å². The lowest BCUT2D eigenvalue weighted by molar-refractivity contribution is 0.528. The molecule has 1 atom stereocenters. The standard InChI is InChI=1S/C10H9O2/c1-7-2-3-10-8(6-7)9(11)4-5-12-10/h2-7H,1H3. The van der Waals surface area contributed by atoms with Gasteiger partial charge in [-0.2, -0.15) is 0 Å². The fourth-order valence-corrected chi connectivity index (χ4v) is 1.29. The third kappa shape index (κ3) is 1.09. The predicted molar refractivity (Wildman–Crippen MR) is 46.6 cm³/mol. The van der Waals surface area contributed by atoms with Gasteiger partial charge >= 0.3 is 0 Å². The number of hydrogen-bond donors (Lipinski definition) is 0. The Morgan fingerprint density at radius 3 is 3.17 bits per heavy atom. The molecule has 0 aliphatic heterocycles. The Balaban J connectivity index is 2.61. The molecule has 0 fully saturated rings. The molecule has 61 valence electrons. The van der Waals surface area contributed by atoms with Crippen LogP contribution in [0.1, 0.15) is 18.2 Å². The maximum atomic E-state index is 11.3. The van der Waals surface area contributed by atoms with Crippen molar-refractivity contribution in [2.24, 2.45) is 5.92 Å². The van der Waals surface area contributed by atoms with E-state index < -0.39 is 0 Å². The Hall–Kier alpha value is -1.31. The zero-order valence-corrected chi connectivity index (χ0v) is 6.78. The topological polar surface area (TPSA) is 30.2 Å². The van der Waals surface area contributed by atoms with Crippen molar-refractivity contribution in [3.63, 3.8) is 0 Å². The molecule has 1 aliphatic carbocycles. The quantitative estimate of drug-likeness (QED) is 0.581. The van der Waals surface area contributed by atoms with Crippen LogP contribution in [0.25, 0.3) is 6.08 Å². The van der Waals surface area contributed by atoms with Gasteiger partial charge in [-0.3, -0.25) is 4.79 Å². The van der Waals surface area contributed by atoms with Gasteiger partial charge in [-0.1, -0.05) is 13.0 Å². The zero-order valence-electron chi connectivity index (χ0n) is 6.78. The van der Waals surface area contributed by atoms with E-state index in [1.54, 1.807) is 0 Å². The van der Waals surface area contributed by atoms with E-state index in [2.05, 4.69) is 0 Å². The number of fused-ring (bicyclic) bond motifs is 1. The van der Waals surface area contributed by atoms with Crippen LogP contribution in [0, 0.1) is 12.3 Å². The Labute approximate surface area is 70.5 Å². The van der Waals surface area contributed by atoms with Gasteiger partial charge in [0.05, 0.1) is 6.26 Å². The SMILES string of the molecule is CC1[CH]c2c(occc2=O)C=C1. The maximum Gasteiger partial charge on any atom is 0.188 e. The molecule has 0 bridgehead atoms. The molecule has 0 saturated carbocycles. The molecule has 1 aromatic heterocycles. The zero-order chi connectivity index (χ0) is 8.55. The maximum absolute atomic E-state index is 11.3. The summed E-state index contributed by atoms with van der Waals surface area (Å²) in [5.74, 6) is 0.989. The predicted octanol–water partition coefficient (Wildman–Crippen LogP) is 1.86. The van der Waals surface area contributed by atoms with Gasteiger partial charge in [-0.15, -0.1) is 0 Å². The fraction of sp³-hybridized carbons (Fsp3) is 0.200. The third-order valence-corrected chi connectivity index (χ3v) is 1.93. The summed E-state index contributed by atoms with van der Waals surface area (Å²) in [6.45, 7) is 2.03. The molecule has 0 saturated heterocycles. The van der Waals surface area contributed by atoms with Gasteiger partial charge in [-0.05, 0) is 12.0 Å².